The van der Waals surface area contributed by atoms with Gasteiger partial charge in [-0.1, -0.05) is 98.7 Å². The molecule has 7 rings (SSSR count). The highest BCUT2D eigenvalue weighted by atomic mass is 16.3. The SMILES string of the molecule is Cc1ccc2c(c1)N(c1ccc(C(C)(C)C)cc1)c1c(oc3ccc(C(C)(C)C)cc13)B2c1cc2cc(C(C)(C)C)ccc2o1. The first kappa shape index (κ1) is 29.5. The molecule has 2 aromatic heterocycles. The van der Waals surface area contributed by atoms with E-state index in [4.69, 9.17) is 8.83 Å². The van der Waals surface area contributed by atoms with E-state index < -0.39 is 0 Å². The van der Waals surface area contributed by atoms with Crippen LogP contribution >= 0.6 is 0 Å². The fourth-order valence-corrected chi connectivity index (χ4v) is 6.68. The van der Waals surface area contributed by atoms with Crippen LogP contribution < -0.4 is 21.7 Å². The van der Waals surface area contributed by atoms with E-state index in [9.17, 15) is 0 Å². The first-order chi connectivity index (χ1) is 21.1. The highest BCUT2D eigenvalue weighted by Gasteiger charge is 2.42. The molecule has 0 unspecified atom stereocenters. The van der Waals surface area contributed by atoms with Crippen LogP contribution in [0.15, 0.2) is 93.8 Å². The molecule has 0 saturated carbocycles. The lowest BCUT2D eigenvalue weighted by molar-refractivity contribution is 0.590. The van der Waals surface area contributed by atoms with Crippen LogP contribution in [0.1, 0.15) is 84.6 Å². The number of aryl methyl sites for hydroxylation is 1. The third kappa shape index (κ3) is 4.99. The van der Waals surface area contributed by atoms with E-state index in [1.54, 1.807) is 0 Å². The maximum Gasteiger partial charge on any atom is 0.337 e. The number of nitrogens with zero attached hydrogens (tertiary/aromatic N) is 1. The summed E-state index contributed by atoms with van der Waals surface area (Å²) in [6, 6.07) is 31.4. The Hall–Kier alpha value is -4.18. The largest absolute Gasteiger partial charge is 0.470 e. The number of benzene rings is 4. The zero-order chi connectivity index (χ0) is 32.1. The fourth-order valence-electron chi connectivity index (χ4n) is 6.68. The summed E-state index contributed by atoms with van der Waals surface area (Å²) in [6.07, 6.45) is 0. The van der Waals surface area contributed by atoms with Crippen molar-refractivity contribution >= 4 is 62.5 Å². The molecule has 1 aliphatic heterocycles. The molecule has 0 spiro atoms. The second kappa shape index (κ2) is 9.91. The molecule has 3 nitrogen and oxygen atoms in total. The zero-order valence-corrected chi connectivity index (χ0v) is 28.4. The van der Waals surface area contributed by atoms with Gasteiger partial charge in [-0.15, -0.1) is 0 Å². The summed E-state index contributed by atoms with van der Waals surface area (Å²) in [6.45, 7) is 22.3. The highest BCUT2D eigenvalue weighted by Crippen LogP contribution is 2.43. The van der Waals surface area contributed by atoms with Crippen molar-refractivity contribution < 1.29 is 8.83 Å². The van der Waals surface area contributed by atoms with Gasteiger partial charge in [-0.3, -0.25) is 0 Å². The van der Waals surface area contributed by atoms with E-state index in [1.165, 1.54) is 27.7 Å². The van der Waals surface area contributed by atoms with E-state index in [2.05, 4.69) is 159 Å². The number of hydrogen-bond donors (Lipinski definition) is 0. The van der Waals surface area contributed by atoms with Crippen LogP contribution in [0, 0.1) is 6.92 Å². The van der Waals surface area contributed by atoms with Gasteiger partial charge in [0, 0.05) is 22.1 Å². The van der Waals surface area contributed by atoms with Gasteiger partial charge in [0.25, 0.3) is 0 Å². The van der Waals surface area contributed by atoms with Crippen LogP contribution in [0.5, 0.6) is 0 Å². The predicted octanol–water partition coefficient (Wildman–Crippen LogP) is 9.68. The Bertz CT molecular complexity index is 2070. The molecule has 4 heteroatoms. The van der Waals surface area contributed by atoms with Crippen LogP contribution in [-0.4, -0.2) is 6.71 Å². The Morgan fingerprint density at radius 3 is 1.82 bits per heavy atom. The molecule has 0 aliphatic carbocycles. The number of anilines is 3. The molecule has 4 aromatic carbocycles. The molecule has 1 aliphatic rings. The molecule has 0 N–H and O–H groups in total. The Morgan fingerprint density at radius 2 is 1.18 bits per heavy atom. The van der Waals surface area contributed by atoms with Gasteiger partial charge in [-0.05, 0) is 99.4 Å². The average Bonchev–Trinajstić information content (AvgIpc) is 3.55. The van der Waals surface area contributed by atoms with E-state index in [0.29, 0.717) is 0 Å². The van der Waals surface area contributed by atoms with Gasteiger partial charge in [0.05, 0.1) is 11.3 Å². The van der Waals surface area contributed by atoms with Crippen molar-refractivity contribution in [3.8, 4) is 0 Å². The summed E-state index contributed by atoms with van der Waals surface area (Å²) in [5.41, 5.74) is 13.4. The first-order valence-corrected chi connectivity index (χ1v) is 16.2. The van der Waals surface area contributed by atoms with Crippen LogP contribution in [0.2, 0.25) is 0 Å². The van der Waals surface area contributed by atoms with E-state index in [1.807, 2.05) is 0 Å². The van der Waals surface area contributed by atoms with Gasteiger partial charge >= 0.3 is 6.71 Å². The summed E-state index contributed by atoms with van der Waals surface area (Å²) >= 11 is 0. The standard InChI is InChI=1S/C41H44BNO2/c1-25-11-18-32-33(21-25)43(30-16-12-27(13-17-30)39(2,3)4)37-31-24-29(41(8,9)10)15-20-35(31)45-38(37)42(32)36-23-26-22-28(40(5,6)7)14-19-34(26)44-36/h11-24H,1-10H3. The Labute approximate surface area is 268 Å². The molecule has 0 saturated heterocycles. The Kier molecular flexibility index (Phi) is 6.50. The van der Waals surface area contributed by atoms with Crippen LogP contribution in [0.4, 0.5) is 17.1 Å². The van der Waals surface area contributed by atoms with Crippen LogP contribution in [-0.2, 0) is 16.2 Å². The van der Waals surface area contributed by atoms with Gasteiger partial charge in [0.1, 0.15) is 16.8 Å². The average molecular weight is 594 g/mol. The van der Waals surface area contributed by atoms with E-state index >= 15 is 0 Å². The van der Waals surface area contributed by atoms with Crippen molar-refractivity contribution in [1.82, 2.24) is 0 Å². The smallest absolute Gasteiger partial charge is 0.337 e. The number of hydrogen-bond acceptors (Lipinski definition) is 3. The van der Waals surface area contributed by atoms with Crippen molar-refractivity contribution in [3.63, 3.8) is 0 Å². The van der Waals surface area contributed by atoms with Gasteiger partial charge in [-0.2, -0.15) is 0 Å². The van der Waals surface area contributed by atoms with Gasteiger partial charge < -0.3 is 13.7 Å². The number of furan rings is 2. The summed E-state index contributed by atoms with van der Waals surface area (Å²) in [4.78, 5) is 2.42. The molecule has 0 amide bonds. The minimum Gasteiger partial charge on any atom is -0.470 e. The lowest BCUT2D eigenvalue weighted by atomic mass is 9.39. The first-order valence-electron chi connectivity index (χ1n) is 16.2. The summed E-state index contributed by atoms with van der Waals surface area (Å²) in [5, 5.41) is 2.25. The van der Waals surface area contributed by atoms with Gasteiger partial charge in [0.2, 0.25) is 0 Å². The number of fused-ring (bicyclic) bond motifs is 5. The Balaban J connectivity index is 1.52. The molecule has 0 bridgehead atoms. The molecule has 6 aromatic rings. The molecular formula is C41H44BNO2. The maximum absolute atomic E-state index is 6.91. The molecular weight excluding hydrogens is 549 g/mol. The van der Waals surface area contributed by atoms with Crippen molar-refractivity contribution in [2.75, 3.05) is 4.90 Å². The van der Waals surface area contributed by atoms with Crippen molar-refractivity contribution in [2.45, 2.75) is 85.5 Å². The molecule has 0 fully saturated rings. The van der Waals surface area contributed by atoms with E-state index in [0.717, 1.165) is 50.3 Å². The van der Waals surface area contributed by atoms with Crippen molar-refractivity contribution in [1.29, 1.82) is 0 Å². The topological polar surface area (TPSA) is 29.5 Å². The maximum atomic E-state index is 6.91. The minimum absolute atomic E-state index is 0.00356. The number of rotatable bonds is 2. The summed E-state index contributed by atoms with van der Waals surface area (Å²) in [5.74, 6) is 0. The molecule has 228 valence electrons. The minimum atomic E-state index is -0.184. The van der Waals surface area contributed by atoms with Gasteiger partial charge in [0.15, 0.2) is 0 Å². The third-order valence-corrected chi connectivity index (χ3v) is 9.46. The predicted molar refractivity (Wildman–Crippen MR) is 193 cm³/mol. The molecule has 3 heterocycles. The second-order valence-corrected chi connectivity index (χ2v) is 16.1. The normalized spacial score (nSPS) is 13.9. The molecule has 45 heavy (non-hydrogen) atoms. The van der Waals surface area contributed by atoms with Gasteiger partial charge in [-0.25, -0.2) is 0 Å². The lowest BCUT2D eigenvalue weighted by Gasteiger charge is -2.34. The van der Waals surface area contributed by atoms with E-state index in [-0.39, 0.29) is 23.0 Å². The monoisotopic (exact) mass is 593 g/mol. The summed E-state index contributed by atoms with van der Waals surface area (Å²) in [7, 11) is 0. The fraction of sp³-hybridized carbons (Fsp3) is 0.317. The molecule has 0 radical (unpaired) electrons. The summed E-state index contributed by atoms with van der Waals surface area (Å²) < 4.78 is 13.6. The van der Waals surface area contributed by atoms with Crippen LogP contribution in [0.3, 0.4) is 0 Å². The molecule has 0 atom stereocenters. The van der Waals surface area contributed by atoms with Crippen molar-refractivity contribution in [3.05, 3.63) is 107 Å². The lowest BCUT2D eigenvalue weighted by Crippen LogP contribution is -2.56. The highest BCUT2D eigenvalue weighted by molar-refractivity contribution is 6.96. The van der Waals surface area contributed by atoms with Crippen molar-refractivity contribution in [2.24, 2.45) is 0 Å². The Morgan fingerprint density at radius 1 is 0.578 bits per heavy atom. The quantitative estimate of drug-likeness (QED) is 0.187. The van der Waals surface area contributed by atoms with Crippen LogP contribution in [0.25, 0.3) is 21.9 Å². The zero-order valence-electron chi connectivity index (χ0n) is 28.4. The second-order valence-electron chi connectivity index (χ2n) is 16.1. The third-order valence-electron chi connectivity index (χ3n) is 9.46.